The van der Waals surface area contributed by atoms with Gasteiger partial charge < -0.3 is 9.47 Å². The molecule has 6 nitrogen and oxygen atoms in total. The number of ketones is 1. The van der Waals surface area contributed by atoms with Gasteiger partial charge in [0.2, 0.25) is 0 Å². The molecule has 2 heterocycles. The van der Waals surface area contributed by atoms with E-state index in [4.69, 9.17) is 21.1 Å². The molecule has 32 heavy (non-hydrogen) atoms. The number of nitrogens with zero attached hydrogens (tertiary/aromatic N) is 2. The number of hydrogen-bond acceptors (Lipinski definition) is 6. The normalized spacial score (nSPS) is 12.7. The smallest absolute Gasteiger partial charge is 0.266 e. The van der Waals surface area contributed by atoms with Crippen LogP contribution in [0.5, 0.6) is 11.5 Å². The number of carbonyl (C=O) groups is 1. The molecule has 0 saturated heterocycles. The van der Waals surface area contributed by atoms with Crippen LogP contribution in [-0.2, 0) is 0 Å². The molecule has 1 aliphatic rings. The number of hydrogen-bond donors (Lipinski definition) is 0. The summed E-state index contributed by atoms with van der Waals surface area (Å²) in [4.78, 5) is 30.9. The van der Waals surface area contributed by atoms with Gasteiger partial charge in [-0.15, -0.1) is 0 Å². The first-order valence-electron chi connectivity index (χ1n) is 9.93. The van der Waals surface area contributed by atoms with E-state index in [2.05, 4.69) is 4.98 Å². The fourth-order valence-electron chi connectivity index (χ4n) is 3.48. The van der Waals surface area contributed by atoms with Gasteiger partial charge in [-0.2, -0.15) is 0 Å². The van der Waals surface area contributed by atoms with Gasteiger partial charge in [0.1, 0.15) is 13.2 Å². The number of fused-ring (bicyclic) bond motifs is 2. The van der Waals surface area contributed by atoms with Crippen LogP contribution in [0.2, 0.25) is 5.02 Å². The second kappa shape index (κ2) is 8.68. The van der Waals surface area contributed by atoms with Gasteiger partial charge in [0.25, 0.3) is 5.56 Å². The zero-order valence-corrected chi connectivity index (χ0v) is 18.4. The van der Waals surface area contributed by atoms with Crippen LogP contribution in [-0.4, -0.2) is 34.3 Å². The Morgan fingerprint density at radius 3 is 2.66 bits per heavy atom. The zero-order valence-electron chi connectivity index (χ0n) is 16.8. The van der Waals surface area contributed by atoms with Gasteiger partial charge in [-0.05, 0) is 48.5 Å². The van der Waals surface area contributed by atoms with Crippen molar-refractivity contribution >= 4 is 40.0 Å². The molecule has 0 bridgehead atoms. The monoisotopic (exact) mass is 464 g/mol. The lowest BCUT2D eigenvalue weighted by molar-refractivity contribution is 0.102. The van der Waals surface area contributed by atoms with Crippen molar-refractivity contribution in [1.29, 1.82) is 0 Å². The van der Waals surface area contributed by atoms with Gasteiger partial charge >= 0.3 is 0 Å². The van der Waals surface area contributed by atoms with Crippen molar-refractivity contribution < 1.29 is 14.3 Å². The summed E-state index contributed by atoms with van der Waals surface area (Å²) < 4.78 is 12.6. The van der Waals surface area contributed by atoms with E-state index in [-0.39, 0.29) is 17.1 Å². The van der Waals surface area contributed by atoms with E-state index >= 15 is 0 Å². The SMILES string of the molecule is O=C(CSc1nc2ccccc2c(=O)n1-c1cccc(Cl)c1)c1ccc2c(c1)OCCO2. The van der Waals surface area contributed by atoms with E-state index in [1.165, 1.54) is 16.3 Å². The molecule has 0 amide bonds. The number of carbonyl (C=O) groups excluding carboxylic acids is 1. The van der Waals surface area contributed by atoms with Crippen LogP contribution in [0.25, 0.3) is 16.6 Å². The van der Waals surface area contributed by atoms with E-state index < -0.39 is 0 Å². The summed E-state index contributed by atoms with van der Waals surface area (Å²) >= 11 is 7.37. The van der Waals surface area contributed by atoms with Crippen molar-refractivity contribution in [1.82, 2.24) is 9.55 Å². The summed E-state index contributed by atoms with van der Waals surface area (Å²) in [6, 6.07) is 19.3. The topological polar surface area (TPSA) is 70.4 Å². The molecule has 3 aromatic carbocycles. The van der Waals surface area contributed by atoms with Gasteiger partial charge in [0.15, 0.2) is 22.4 Å². The number of Topliss-reactive ketones (excluding diaryl/α,β-unsaturated/α-hetero) is 1. The third-order valence-electron chi connectivity index (χ3n) is 5.01. The maximum Gasteiger partial charge on any atom is 0.266 e. The molecule has 0 saturated carbocycles. The highest BCUT2D eigenvalue weighted by Crippen LogP contribution is 2.31. The van der Waals surface area contributed by atoms with Crippen LogP contribution < -0.4 is 15.0 Å². The average Bonchev–Trinajstić information content (AvgIpc) is 2.82. The average molecular weight is 465 g/mol. The van der Waals surface area contributed by atoms with Crippen molar-refractivity contribution in [3.05, 3.63) is 87.7 Å². The highest BCUT2D eigenvalue weighted by Gasteiger charge is 2.18. The Morgan fingerprint density at radius 1 is 1.00 bits per heavy atom. The van der Waals surface area contributed by atoms with Crippen molar-refractivity contribution in [3.8, 4) is 17.2 Å². The third-order valence-corrected chi connectivity index (χ3v) is 6.18. The Kier molecular flexibility index (Phi) is 5.59. The van der Waals surface area contributed by atoms with E-state index in [9.17, 15) is 9.59 Å². The summed E-state index contributed by atoms with van der Waals surface area (Å²) in [5.74, 6) is 1.19. The lowest BCUT2D eigenvalue weighted by Crippen LogP contribution is -2.22. The Balaban J connectivity index is 1.50. The van der Waals surface area contributed by atoms with Crippen LogP contribution in [0.4, 0.5) is 0 Å². The molecular formula is C24H17ClN2O4S. The first-order chi connectivity index (χ1) is 15.6. The molecule has 0 fully saturated rings. The van der Waals surface area contributed by atoms with Crippen molar-refractivity contribution in [2.75, 3.05) is 19.0 Å². The minimum Gasteiger partial charge on any atom is -0.486 e. The van der Waals surface area contributed by atoms with Crippen LogP contribution in [0, 0.1) is 0 Å². The molecule has 0 unspecified atom stereocenters. The van der Waals surface area contributed by atoms with Crippen molar-refractivity contribution in [2.24, 2.45) is 0 Å². The van der Waals surface area contributed by atoms with Crippen LogP contribution in [0.3, 0.4) is 0 Å². The Labute approximate surface area is 192 Å². The molecule has 0 radical (unpaired) electrons. The Hall–Kier alpha value is -3.29. The standard InChI is InChI=1S/C24H17ClN2O4S/c25-16-4-3-5-17(13-16)27-23(29)18-6-1-2-7-19(18)26-24(27)32-14-20(28)15-8-9-21-22(12-15)31-11-10-30-21/h1-9,12-13H,10-11,14H2. The second-order valence-electron chi connectivity index (χ2n) is 7.10. The summed E-state index contributed by atoms with van der Waals surface area (Å²) in [6.07, 6.45) is 0. The summed E-state index contributed by atoms with van der Waals surface area (Å²) in [5, 5.41) is 1.42. The predicted molar refractivity (Wildman–Crippen MR) is 125 cm³/mol. The number of ether oxygens (including phenoxy) is 2. The van der Waals surface area contributed by atoms with Crippen molar-refractivity contribution in [3.63, 3.8) is 0 Å². The molecule has 5 rings (SSSR count). The Morgan fingerprint density at radius 2 is 1.81 bits per heavy atom. The second-order valence-corrected chi connectivity index (χ2v) is 8.48. The van der Waals surface area contributed by atoms with E-state index in [1.54, 1.807) is 60.7 Å². The number of aromatic nitrogens is 2. The molecule has 4 aromatic rings. The quantitative estimate of drug-likeness (QED) is 0.240. The highest BCUT2D eigenvalue weighted by molar-refractivity contribution is 7.99. The lowest BCUT2D eigenvalue weighted by atomic mass is 10.1. The van der Waals surface area contributed by atoms with Crippen molar-refractivity contribution in [2.45, 2.75) is 5.16 Å². The number of benzene rings is 3. The molecule has 1 aliphatic heterocycles. The maximum absolute atomic E-state index is 13.3. The highest BCUT2D eigenvalue weighted by atomic mass is 35.5. The van der Waals surface area contributed by atoms with E-state index in [1.807, 2.05) is 6.07 Å². The first kappa shape index (κ1) is 20.6. The molecule has 160 valence electrons. The first-order valence-corrected chi connectivity index (χ1v) is 11.3. The third kappa shape index (κ3) is 3.97. The minimum absolute atomic E-state index is 0.102. The molecular weight excluding hydrogens is 448 g/mol. The fraction of sp³-hybridized carbons (Fsp3) is 0.125. The largest absolute Gasteiger partial charge is 0.486 e. The van der Waals surface area contributed by atoms with Gasteiger partial charge in [-0.1, -0.05) is 41.6 Å². The van der Waals surface area contributed by atoms with Gasteiger partial charge in [0, 0.05) is 10.6 Å². The number of halogens is 1. The van der Waals surface area contributed by atoms with E-state index in [0.29, 0.717) is 57.0 Å². The lowest BCUT2D eigenvalue weighted by Gasteiger charge is -2.18. The summed E-state index contributed by atoms with van der Waals surface area (Å²) in [7, 11) is 0. The molecule has 8 heteroatoms. The number of rotatable bonds is 5. The summed E-state index contributed by atoms with van der Waals surface area (Å²) in [6.45, 7) is 0.942. The zero-order chi connectivity index (χ0) is 22.1. The number of para-hydroxylation sites is 1. The predicted octanol–water partition coefficient (Wildman–Crippen LogP) is 4.79. The van der Waals surface area contributed by atoms with Gasteiger partial charge in [-0.25, -0.2) is 4.98 Å². The van der Waals surface area contributed by atoms with Crippen LogP contribution in [0.15, 0.2) is 76.7 Å². The number of thioether (sulfide) groups is 1. The fourth-order valence-corrected chi connectivity index (χ4v) is 4.57. The Bertz CT molecular complexity index is 1400. The summed E-state index contributed by atoms with van der Waals surface area (Å²) in [5.41, 5.74) is 1.46. The molecule has 0 N–H and O–H groups in total. The van der Waals surface area contributed by atoms with Crippen LogP contribution >= 0.6 is 23.4 Å². The molecule has 0 spiro atoms. The minimum atomic E-state index is -0.216. The van der Waals surface area contributed by atoms with Gasteiger partial charge in [-0.3, -0.25) is 14.2 Å². The molecule has 1 aromatic heterocycles. The van der Waals surface area contributed by atoms with Gasteiger partial charge in [0.05, 0.1) is 22.3 Å². The molecule has 0 aliphatic carbocycles. The maximum atomic E-state index is 13.3. The molecule has 0 atom stereocenters. The van der Waals surface area contributed by atoms with E-state index in [0.717, 1.165) is 0 Å². The van der Waals surface area contributed by atoms with Crippen LogP contribution in [0.1, 0.15) is 10.4 Å².